The van der Waals surface area contributed by atoms with Gasteiger partial charge in [-0.25, -0.2) is 4.39 Å². The first-order valence-corrected chi connectivity index (χ1v) is 11.9. The molecule has 0 aromatic heterocycles. The minimum atomic E-state index is -0.409. The summed E-state index contributed by atoms with van der Waals surface area (Å²) >= 11 is 0. The molecule has 0 fully saturated rings. The fourth-order valence-corrected chi connectivity index (χ4v) is 3.66. The first kappa shape index (κ1) is 24.5. The summed E-state index contributed by atoms with van der Waals surface area (Å²) in [6.07, 6.45) is 8.59. The van der Waals surface area contributed by atoms with Crippen molar-refractivity contribution in [2.24, 2.45) is 0 Å². The van der Waals surface area contributed by atoms with Crippen molar-refractivity contribution in [2.45, 2.75) is 64.9 Å². The minimum Gasteiger partial charge on any atom is -0.486 e. The van der Waals surface area contributed by atoms with Gasteiger partial charge in [0.25, 0.3) is 0 Å². The second kappa shape index (κ2) is 13.4. The lowest BCUT2D eigenvalue weighted by Crippen LogP contribution is -2.07. The molecule has 0 unspecified atom stereocenters. The highest BCUT2D eigenvalue weighted by Crippen LogP contribution is 2.28. The van der Waals surface area contributed by atoms with Gasteiger partial charge in [-0.2, -0.15) is 0 Å². The van der Waals surface area contributed by atoms with Gasteiger partial charge in [0.2, 0.25) is 0 Å². The van der Waals surface area contributed by atoms with E-state index in [1.807, 2.05) is 48.5 Å². The Balaban J connectivity index is 1.46. The summed E-state index contributed by atoms with van der Waals surface area (Å²) in [6, 6.07) is 21.7. The minimum absolute atomic E-state index is 0.206. The molecule has 0 saturated carbocycles. The van der Waals surface area contributed by atoms with Crippen molar-refractivity contribution in [3.05, 3.63) is 84.2 Å². The molecule has 0 atom stereocenters. The molecule has 174 valence electrons. The van der Waals surface area contributed by atoms with Crippen molar-refractivity contribution in [1.29, 1.82) is 0 Å². The predicted octanol–water partition coefficient (Wildman–Crippen LogP) is 8.12. The van der Waals surface area contributed by atoms with Crippen molar-refractivity contribution >= 4 is 5.97 Å². The molecule has 3 nitrogen and oxygen atoms in total. The lowest BCUT2D eigenvalue weighted by atomic mass is 10.1. The van der Waals surface area contributed by atoms with E-state index in [2.05, 4.69) is 6.92 Å². The molecular formula is C29H33FO3. The van der Waals surface area contributed by atoms with Gasteiger partial charge in [0.05, 0.1) is 0 Å². The number of hydrogen-bond acceptors (Lipinski definition) is 3. The van der Waals surface area contributed by atoms with E-state index < -0.39 is 5.82 Å². The van der Waals surface area contributed by atoms with Crippen molar-refractivity contribution in [1.82, 2.24) is 0 Å². The van der Waals surface area contributed by atoms with E-state index in [1.165, 1.54) is 38.2 Å². The van der Waals surface area contributed by atoms with Gasteiger partial charge in [0.1, 0.15) is 12.4 Å². The van der Waals surface area contributed by atoms with E-state index in [1.54, 1.807) is 18.2 Å². The summed E-state index contributed by atoms with van der Waals surface area (Å²) in [7, 11) is 0. The number of hydrogen-bond donors (Lipinski definition) is 0. The number of benzene rings is 3. The van der Waals surface area contributed by atoms with Crippen LogP contribution in [0.4, 0.5) is 4.39 Å². The second-order valence-corrected chi connectivity index (χ2v) is 8.29. The molecule has 0 N–H and O–H groups in total. The van der Waals surface area contributed by atoms with Gasteiger partial charge in [0.15, 0.2) is 11.6 Å². The monoisotopic (exact) mass is 448 g/mol. The summed E-state index contributed by atoms with van der Waals surface area (Å²) < 4.78 is 25.6. The Morgan fingerprint density at radius 1 is 0.788 bits per heavy atom. The van der Waals surface area contributed by atoms with Crippen molar-refractivity contribution < 1.29 is 18.7 Å². The van der Waals surface area contributed by atoms with Gasteiger partial charge in [-0.15, -0.1) is 0 Å². The van der Waals surface area contributed by atoms with Crippen LogP contribution in [0.25, 0.3) is 11.1 Å². The third kappa shape index (κ3) is 8.38. The maximum atomic E-state index is 14.5. The standard InChI is InChI=1S/C29H33FO3/c1-2-3-4-5-6-7-11-14-29(31)33-26-18-15-24(16-19-26)25-17-20-28(27(30)21-25)32-22-23-12-9-8-10-13-23/h8-10,12-13,15-21H,2-7,11,14,22H2,1H3. The van der Waals surface area contributed by atoms with E-state index >= 15 is 0 Å². The Morgan fingerprint density at radius 3 is 2.15 bits per heavy atom. The van der Waals surface area contributed by atoms with Crippen LogP contribution in [0.5, 0.6) is 11.5 Å². The number of esters is 1. The molecule has 3 aromatic rings. The first-order chi connectivity index (χ1) is 16.2. The zero-order valence-corrected chi connectivity index (χ0v) is 19.4. The zero-order chi connectivity index (χ0) is 23.3. The fraction of sp³-hybridized carbons (Fsp3) is 0.345. The third-order valence-electron chi connectivity index (χ3n) is 5.57. The maximum absolute atomic E-state index is 14.5. The van der Waals surface area contributed by atoms with Crippen LogP contribution in [0.1, 0.15) is 63.9 Å². The zero-order valence-electron chi connectivity index (χ0n) is 19.4. The van der Waals surface area contributed by atoms with Crippen molar-refractivity contribution in [2.75, 3.05) is 0 Å². The topological polar surface area (TPSA) is 35.5 Å². The maximum Gasteiger partial charge on any atom is 0.311 e. The Hall–Kier alpha value is -3.14. The highest BCUT2D eigenvalue weighted by atomic mass is 19.1. The van der Waals surface area contributed by atoms with E-state index in [-0.39, 0.29) is 11.7 Å². The first-order valence-electron chi connectivity index (χ1n) is 11.9. The molecule has 0 spiro atoms. The van der Waals surface area contributed by atoms with Gasteiger partial charge < -0.3 is 9.47 Å². The lowest BCUT2D eigenvalue weighted by molar-refractivity contribution is -0.134. The molecular weight excluding hydrogens is 415 g/mol. The van der Waals surface area contributed by atoms with E-state index in [0.717, 1.165) is 29.5 Å². The molecule has 0 aliphatic rings. The van der Waals surface area contributed by atoms with Gasteiger partial charge in [-0.3, -0.25) is 4.79 Å². The summed E-state index contributed by atoms with van der Waals surface area (Å²) in [4.78, 5) is 12.1. The van der Waals surface area contributed by atoms with E-state index in [0.29, 0.717) is 18.8 Å². The smallest absolute Gasteiger partial charge is 0.311 e. The van der Waals surface area contributed by atoms with Crippen LogP contribution < -0.4 is 9.47 Å². The molecule has 4 heteroatoms. The van der Waals surface area contributed by atoms with Gasteiger partial charge >= 0.3 is 5.97 Å². The molecule has 0 radical (unpaired) electrons. The number of rotatable bonds is 13. The van der Waals surface area contributed by atoms with Gasteiger partial charge in [-0.1, -0.05) is 94.0 Å². The van der Waals surface area contributed by atoms with Crippen molar-refractivity contribution in [3.8, 4) is 22.6 Å². The number of unbranched alkanes of at least 4 members (excludes halogenated alkanes) is 6. The van der Waals surface area contributed by atoms with Crippen molar-refractivity contribution in [3.63, 3.8) is 0 Å². The van der Waals surface area contributed by atoms with Crippen LogP contribution in [-0.4, -0.2) is 5.97 Å². The van der Waals surface area contributed by atoms with Crippen LogP contribution in [0.2, 0.25) is 0 Å². The molecule has 0 aliphatic heterocycles. The summed E-state index contributed by atoms with van der Waals surface area (Å²) in [5.41, 5.74) is 2.56. The summed E-state index contributed by atoms with van der Waals surface area (Å²) in [6.45, 7) is 2.52. The molecule has 0 saturated heterocycles. The summed E-state index contributed by atoms with van der Waals surface area (Å²) in [5.74, 6) is 0.115. The normalized spacial score (nSPS) is 10.7. The van der Waals surface area contributed by atoms with Gasteiger partial charge in [0, 0.05) is 6.42 Å². The van der Waals surface area contributed by atoms with E-state index in [9.17, 15) is 9.18 Å². The van der Waals surface area contributed by atoms with Crippen LogP contribution in [0.3, 0.4) is 0 Å². The number of carbonyl (C=O) groups is 1. The second-order valence-electron chi connectivity index (χ2n) is 8.29. The van der Waals surface area contributed by atoms with Crippen LogP contribution in [0.15, 0.2) is 72.8 Å². The molecule has 0 amide bonds. The highest BCUT2D eigenvalue weighted by Gasteiger charge is 2.09. The largest absolute Gasteiger partial charge is 0.486 e. The molecule has 3 rings (SSSR count). The SMILES string of the molecule is CCCCCCCCCC(=O)Oc1ccc(-c2ccc(OCc3ccccc3)c(F)c2)cc1. The van der Waals surface area contributed by atoms with E-state index in [4.69, 9.17) is 9.47 Å². The third-order valence-corrected chi connectivity index (χ3v) is 5.57. The highest BCUT2D eigenvalue weighted by molar-refractivity contribution is 5.73. The molecule has 33 heavy (non-hydrogen) atoms. The Kier molecular flexibility index (Phi) is 9.96. The fourth-order valence-electron chi connectivity index (χ4n) is 3.66. The quantitative estimate of drug-likeness (QED) is 0.150. The average Bonchev–Trinajstić information content (AvgIpc) is 2.84. The molecule has 0 aliphatic carbocycles. The van der Waals surface area contributed by atoms with Crippen LogP contribution >= 0.6 is 0 Å². The summed E-state index contributed by atoms with van der Waals surface area (Å²) in [5, 5.41) is 0. The number of halogens is 1. The lowest BCUT2D eigenvalue weighted by Gasteiger charge is -2.10. The predicted molar refractivity (Wildman–Crippen MR) is 131 cm³/mol. The molecule has 0 bridgehead atoms. The molecule has 0 heterocycles. The Morgan fingerprint density at radius 2 is 1.45 bits per heavy atom. The van der Waals surface area contributed by atoms with Gasteiger partial charge in [-0.05, 0) is 47.4 Å². The Labute approximate surface area is 196 Å². The molecule has 3 aromatic carbocycles. The van der Waals surface area contributed by atoms with Crippen LogP contribution in [-0.2, 0) is 11.4 Å². The number of ether oxygens (including phenoxy) is 2. The number of carbonyl (C=O) groups excluding carboxylic acids is 1. The van der Waals surface area contributed by atoms with Crippen LogP contribution in [0, 0.1) is 5.82 Å². The average molecular weight is 449 g/mol. The Bertz CT molecular complexity index is 984.